The van der Waals surface area contributed by atoms with Gasteiger partial charge in [-0.15, -0.1) is 0 Å². The van der Waals surface area contributed by atoms with Crippen molar-refractivity contribution in [2.45, 2.75) is 0 Å². The largest absolute Gasteiger partial charge is 0.497 e. The lowest BCUT2D eigenvalue weighted by Crippen LogP contribution is -1.90. The fourth-order valence-corrected chi connectivity index (χ4v) is 2.32. The first-order valence-corrected chi connectivity index (χ1v) is 6.68. The Bertz CT molecular complexity index is 730. The molecule has 3 nitrogen and oxygen atoms in total. The molecule has 0 atom stereocenters. The highest BCUT2D eigenvalue weighted by Gasteiger charge is 2.09. The summed E-state index contributed by atoms with van der Waals surface area (Å²) in [5.74, 6) is 2.41. The van der Waals surface area contributed by atoms with Gasteiger partial charge >= 0.3 is 0 Å². The molecule has 0 fully saturated rings. The van der Waals surface area contributed by atoms with E-state index in [1.54, 1.807) is 20.5 Å². The molecule has 0 saturated heterocycles. The standard InChI is InChI=1S/C18H16O3/c1-19-15-8-9-16(18(12-15)20-2)13-5-3-6-14(11-13)17-7-4-10-21-17/h3-12H,1-2H3. The van der Waals surface area contributed by atoms with E-state index >= 15 is 0 Å². The molecule has 3 aromatic rings. The van der Waals surface area contributed by atoms with E-state index in [-0.39, 0.29) is 0 Å². The number of methoxy groups -OCH3 is 2. The number of rotatable bonds is 4. The minimum atomic E-state index is 0.776. The van der Waals surface area contributed by atoms with Gasteiger partial charge in [-0.05, 0) is 35.9 Å². The molecule has 106 valence electrons. The monoisotopic (exact) mass is 280 g/mol. The Kier molecular flexibility index (Phi) is 3.65. The summed E-state index contributed by atoms with van der Waals surface area (Å²) in [6.45, 7) is 0. The number of hydrogen-bond donors (Lipinski definition) is 0. The summed E-state index contributed by atoms with van der Waals surface area (Å²) in [5, 5.41) is 0. The lowest BCUT2D eigenvalue weighted by Gasteiger charge is -2.11. The van der Waals surface area contributed by atoms with Crippen LogP contribution in [0.25, 0.3) is 22.5 Å². The Labute approximate surface area is 123 Å². The van der Waals surface area contributed by atoms with Crippen LogP contribution >= 0.6 is 0 Å². The van der Waals surface area contributed by atoms with Crippen molar-refractivity contribution >= 4 is 0 Å². The van der Waals surface area contributed by atoms with Crippen LogP contribution in [0.3, 0.4) is 0 Å². The van der Waals surface area contributed by atoms with Gasteiger partial charge in [0.1, 0.15) is 17.3 Å². The molecule has 0 saturated carbocycles. The van der Waals surface area contributed by atoms with Crippen LogP contribution in [0.1, 0.15) is 0 Å². The Morgan fingerprint density at radius 3 is 2.38 bits per heavy atom. The van der Waals surface area contributed by atoms with Crippen LogP contribution in [-0.2, 0) is 0 Å². The average molecular weight is 280 g/mol. The molecule has 0 aliphatic carbocycles. The zero-order valence-electron chi connectivity index (χ0n) is 12.0. The second kappa shape index (κ2) is 5.75. The van der Waals surface area contributed by atoms with Crippen LogP contribution in [0.4, 0.5) is 0 Å². The predicted octanol–water partition coefficient (Wildman–Crippen LogP) is 4.63. The van der Waals surface area contributed by atoms with Gasteiger partial charge in [-0.1, -0.05) is 18.2 Å². The van der Waals surface area contributed by atoms with E-state index in [1.807, 2.05) is 42.5 Å². The quantitative estimate of drug-likeness (QED) is 0.698. The van der Waals surface area contributed by atoms with Crippen molar-refractivity contribution in [1.29, 1.82) is 0 Å². The van der Waals surface area contributed by atoms with Crippen LogP contribution in [0, 0.1) is 0 Å². The molecule has 0 aliphatic rings. The van der Waals surface area contributed by atoms with E-state index in [1.165, 1.54) is 0 Å². The summed E-state index contributed by atoms with van der Waals surface area (Å²) in [4.78, 5) is 0. The zero-order chi connectivity index (χ0) is 14.7. The fraction of sp³-hybridized carbons (Fsp3) is 0.111. The van der Waals surface area contributed by atoms with E-state index in [0.29, 0.717) is 0 Å². The lowest BCUT2D eigenvalue weighted by atomic mass is 10.0. The van der Waals surface area contributed by atoms with Crippen LogP contribution in [-0.4, -0.2) is 14.2 Å². The van der Waals surface area contributed by atoms with Gasteiger partial charge < -0.3 is 13.9 Å². The lowest BCUT2D eigenvalue weighted by molar-refractivity contribution is 0.395. The van der Waals surface area contributed by atoms with Crippen molar-refractivity contribution in [2.24, 2.45) is 0 Å². The maximum absolute atomic E-state index is 5.47. The summed E-state index contributed by atoms with van der Waals surface area (Å²) in [7, 11) is 3.31. The van der Waals surface area contributed by atoms with Gasteiger partial charge in [0.25, 0.3) is 0 Å². The molecule has 0 aliphatic heterocycles. The van der Waals surface area contributed by atoms with Gasteiger partial charge in [-0.3, -0.25) is 0 Å². The Morgan fingerprint density at radius 1 is 0.810 bits per heavy atom. The molecular formula is C18H16O3. The average Bonchev–Trinajstić information content (AvgIpc) is 3.09. The van der Waals surface area contributed by atoms with Gasteiger partial charge in [-0.25, -0.2) is 0 Å². The number of hydrogen-bond acceptors (Lipinski definition) is 3. The summed E-state index contributed by atoms with van der Waals surface area (Å²) in [6, 6.07) is 17.8. The van der Waals surface area contributed by atoms with Gasteiger partial charge in [0, 0.05) is 17.2 Å². The van der Waals surface area contributed by atoms with Crippen LogP contribution < -0.4 is 9.47 Å². The number of furan rings is 1. The third-order valence-corrected chi connectivity index (χ3v) is 3.39. The van der Waals surface area contributed by atoms with Crippen molar-refractivity contribution in [3.8, 4) is 33.9 Å². The van der Waals surface area contributed by atoms with E-state index < -0.39 is 0 Å². The molecule has 1 aromatic heterocycles. The molecule has 3 heteroatoms. The summed E-state index contributed by atoms with van der Waals surface area (Å²) in [5.41, 5.74) is 3.13. The predicted molar refractivity (Wildman–Crippen MR) is 82.7 cm³/mol. The van der Waals surface area contributed by atoms with Gasteiger partial charge in [0.15, 0.2) is 0 Å². The van der Waals surface area contributed by atoms with E-state index in [0.717, 1.165) is 33.9 Å². The van der Waals surface area contributed by atoms with Gasteiger partial charge in [-0.2, -0.15) is 0 Å². The smallest absolute Gasteiger partial charge is 0.133 e. The van der Waals surface area contributed by atoms with E-state index in [9.17, 15) is 0 Å². The molecule has 3 rings (SSSR count). The highest BCUT2D eigenvalue weighted by molar-refractivity contribution is 5.75. The maximum atomic E-state index is 5.47. The highest BCUT2D eigenvalue weighted by Crippen LogP contribution is 2.35. The second-order valence-corrected chi connectivity index (χ2v) is 4.62. The van der Waals surface area contributed by atoms with E-state index in [2.05, 4.69) is 12.1 Å². The summed E-state index contributed by atoms with van der Waals surface area (Å²) in [6.07, 6.45) is 1.68. The first-order valence-electron chi connectivity index (χ1n) is 6.68. The Hall–Kier alpha value is -2.68. The SMILES string of the molecule is COc1ccc(-c2cccc(-c3ccco3)c2)c(OC)c1. The number of ether oxygens (including phenoxy) is 2. The minimum Gasteiger partial charge on any atom is -0.497 e. The van der Waals surface area contributed by atoms with Crippen molar-refractivity contribution in [2.75, 3.05) is 14.2 Å². The van der Waals surface area contributed by atoms with Crippen molar-refractivity contribution in [1.82, 2.24) is 0 Å². The minimum absolute atomic E-state index is 0.776. The van der Waals surface area contributed by atoms with Crippen LogP contribution in [0.15, 0.2) is 65.3 Å². The van der Waals surface area contributed by atoms with Crippen molar-refractivity contribution in [3.05, 3.63) is 60.9 Å². The molecule has 1 heterocycles. The van der Waals surface area contributed by atoms with Gasteiger partial charge in [0.2, 0.25) is 0 Å². The first kappa shape index (κ1) is 13.3. The first-order chi connectivity index (χ1) is 10.3. The Morgan fingerprint density at radius 2 is 1.67 bits per heavy atom. The molecule has 0 amide bonds. The summed E-state index contributed by atoms with van der Waals surface area (Å²) < 4.78 is 16.2. The van der Waals surface area contributed by atoms with Crippen LogP contribution in [0.5, 0.6) is 11.5 Å². The third-order valence-electron chi connectivity index (χ3n) is 3.39. The van der Waals surface area contributed by atoms with Crippen LogP contribution in [0.2, 0.25) is 0 Å². The molecule has 0 spiro atoms. The molecule has 0 N–H and O–H groups in total. The summed E-state index contributed by atoms with van der Waals surface area (Å²) >= 11 is 0. The maximum Gasteiger partial charge on any atom is 0.133 e. The molecular weight excluding hydrogens is 264 g/mol. The van der Waals surface area contributed by atoms with Crippen molar-refractivity contribution in [3.63, 3.8) is 0 Å². The third kappa shape index (κ3) is 2.63. The Balaban J connectivity index is 2.06. The molecule has 21 heavy (non-hydrogen) atoms. The highest BCUT2D eigenvalue weighted by atomic mass is 16.5. The molecule has 2 aromatic carbocycles. The zero-order valence-corrected chi connectivity index (χ0v) is 12.0. The van der Waals surface area contributed by atoms with Gasteiger partial charge in [0.05, 0.1) is 20.5 Å². The van der Waals surface area contributed by atoms with Crippen molar-refractivity contribution < 1.29 is 13.9 Å². The van der Waals surface area contributed by atoms with E-state index in [4.69, 9.17) is 13.9 Å². The molecule has 0 radical (unpaired) electrons. The molecule has 0 unspecified atom stereocenters. The second-order valence-electron chi connectivity index (χ2n) is 4.62. The molecule has 0 bridgehead atoms. The normalized spacial score (nSPS) is 10.4. The fourth-order valence-electron chi connectivity index (χ4n) is 2.32. The number of benzene rings is 2. The topological polar surface area (TPSA) is 31.6 Å².